The van der Waals surface area contributed by atoms with Gasteiger partial charge < -0.3 is 10.6 Å². The molecule has 14 heteroatoms. The molecule has 180 valence electrons. The molecule has 4 rings (SSSR count). The maximum Gasteiger partial charge on any atom is 0.288 e. The largest absolute Gasteiger partial charge is 0.324 e. The van der Waals surface area contributed by atoms with E-state index in [2.05, 4.69) is 36.1 Å². The van der Waals surface area contributed by atoms with Crippen molar-refractivity contribution in [3.05, 3.63) is 104 Å². The zero-order valence-corrected chi connectivity index (χ0v) is 19.0. The summed E-state index contributed by atoms with van der Waals surface area (Å²) in [5.74, 6) is 0.394. The van der Waals surface area contributed by atoms with Crippen molar-refractivity contribution in [3.63, 3.8) is 0 Å². The minimum atomic E-state index is -0.587. The third-order valence-electron chi connectivity index (χ3n) is 4.54. The molecule has 0 unspecified atom stereocenters. The van der Waals surface area contributed by atoms with Gasteiger partial charge >= 0.3 is 0 Å². The Kier molecular flexibility index (Phi) is 7.22. The van der Waals surface area contributed by atoms with Gasteiger partial charge in [0.1, 0.15) is 5.02 Å². The lowest BCUT2D eigenvalue weighted by Gasteiger charge is -2.10. The molecular formula is C22H16ClN9O4. The molecule has 13 nitrogen and oxygen atoms in total. The van der Waals surface area contributed by atoms with Gasteiger partial charge in [0.15, 0.2) is 0 Å². The molecule has 4 aromatic rings. The van der Waals surface area contributed by atoms with Gasteiger partial charge in [-0.2, -0.15) is 20.1 Å². The number of aromatic nitrogens is 3. The van der Waals surface area contributed by atoms with Gasteiger partial charge in [-0.05, 0) is 30.3 Å². The van der Waals surface area contributed by atoms with E-state index in [1.54, 1.807) is 6.07 Å². The number of nitrogens with zero attached hydrogens (tertiary/aromatic N) is 6. The molecule has 0 aliphatic heterocycles. The highest BCUT2D eigenvalue weighted by atomic mass is 35.5. The van der Waals surface area contributed by atoms with Crippen LogP contribution in [0.15, 0.2) is 77.9 Å². The zero-order chi connectivity index (χ0) is 25.5. The fourth-order valence-corrected chi connectivity index (χ4v) is 3.08. The van der Waals surface area contributed by atoms with E-state index in [0.717, 1.165) is 5.69 Å². The highest BCUT2D eigenvalue weighted by Gasteiger charge is 2.12. The number of rotatable bonds is 9. The molecule has 0 aliphatic carbocycles. The van der Waals surface area contributed by atoms with Crippen LogP contribution >= 0.6 is 11.6 Å². The number of hydrazone groups is 1. The van der Waals surface area contributed by atoms with E-state index < -0.39 is 9.85 Å². The van der Waals surface area contributed by atoms with Crippen molar-refractivity contribution < 1.29 is 9.85 Å². The number of anilines is 5. The molecule has 0 atom stereocenters. The molecule has 3 aromatic carbocycles. The summed E-state index contributed by atoms with van der Waals surface area (Å²) >= 11 is 5.84. The van der Waals surface area contributed by atoms with Gasteiger partial charge in [0.25, 0.3) is 11.4 Å². The first-order valence-corrected chi connectivity index (χ1v) is 10.6. The van der Waals surface area contributed by atoms with E-state index >= 15 is 0 Å². The Labute approximate surface area is 208 Å². The molecular weight excluding hydrogens is 490 g/mol. The Bertz CT molecular complexity index is 1430. The number of para-hydroxylation sites is 1. The highest BCUT2D eigenvalue weighted by Crippen LogP contribution is 2.24. The zero-order valence-electron chi connectivity index (χ0n) is 18.2. The third-order valence-corrected chi connectivity index (χ3v) is 4.86. The van der Waals surface area contributed by atoms with E-state index in [4.69, 9.17) is 11.6 Å². The lowest BCUT2D eigenvalue weighted by molar-refractivity contribution is -0.385. The number of halogens is 1. The van der Waals surface area contributed by atoms with Gasteiger partial charge in [-0.15, -0.1) is 0 Å². The lowest BCUT2D eigenvalue weighted by atomic mass is 10.2. The van der Waals surface area contributed by atoms with Gasteiger partial charge in [0, 0.05) is 35.1 Å². The van der Waals surface area contributed by atoms with E-state index in [1.807, 2.05) is 30.3 Å². The van der Waals surface area contributed by atoms with Crippen LogP contribution in [-0.2, 0) is 0 Å². The Hall–Kier alpha value is -5.17. The Morgan fingerprint density at radius 1 is 0.778 bits per heavy atom. The molecule has 3 N–H and O–H groups in total. The summed E-state index contributed by atoms with van der Waals surface area (Å²) in [6.45, 7) is 0. The van der Waals surface area contributed by atoms with Crippen molar-refractivity contribution in [2.75, 3.05) is 16.1 Å². The quantitative estimate of drug-likeness (QED) is 0.154. The van der Waals surface area contributed by atoms with Crippen LogP contribution in [-0.4, -0.2) is 31.0 Å². The number of hydrogen-bond donors (Lipinski definition) is 3. The topological polar surface area (TPSA) is 173 Å². The van der Waals surface area contributed by atoms with E-state index in [0.29, 0.717) is 11.3 Å². The minimum absolute atomic E-state index is 0.0150. The first-order chi connectivity index (χ1) is 17.4. The summed E-state index contributed by atoms with van der Waals surface area (Å²) in [5.41, 5.74) is 4.04. The standard InChI is InChI=1S/C22H16ClN9O4/c23-18-11-6-14(12-19(18)32(35)36)13-24-30-22-28-20(25-15-4-2-1-3-5-15)27-21(29-22)26-16-7-9-17(10-8-16)31(33)34/h1-13H,(H3,25,26,27,28,29,30)/b24-13+. The van der Waals surface area contributed by atoms with Crippen molar-refractivity contribution in [2.45, 2.75) is 0 Å². The molecule has 0 spiro atoms. The predicted molar refractivity (Wildman–Crippen MR) is 135 cm³/mol. The fraction of sp³-hybridized carbons (Fsp3) is 0. The summed E-state index contributed by atoms with van der Waals surface area (Å²) in [5, 5.41) is 32.1. The third kappa shape index (κ3) is 6.24. The second-order valence-electron chi connectivity index (χ2n) is 7.06. The minimum Gasteiger partial charge on any atom is -0.324 e. The number of nitro benzene ring substituents is 2. The van der Waals surface area contributed by atoms with E-state index in [-0.39, 0.29) is 34.2 Å². The van der Waals surface area contributed by atoms with Crippen LogP contribution < -0.4 is 16.1 Å². The first-order valence-electron chi connectivity index (χ1n) is 10.2. The van der Waals surface area contributed by atoms with Crippen LogP contribution in [0.1, 0.15) is 5.56 Å². The van der Waals surface area contributed by atoms with Crippen molar-refractivity contribution in [1.82, 2.24) is 15.0 Å². The molecule has 36 heavy (non-hydrogen) atoms. The van der Waals surface area contributed by atoms with Crippen LogP contribution in [0.4, 0.5) is 40.6 Å². The normalized spacial score (nSPS) is 10.7. The number of nitrogens with one attached hydrogen (secondary N) is 3. The number of non-ortho nitro benzene ring substituents is 1. The highest BCUT2D eigenvalue weighted by molar-refractivity contribution is 6.32. The van der Waals surface area contributed by atoms with Crippen LogP contribution in [0.2, 0.25) is 5.02 Å². The Morgan fingerprint density at radius 2 is 1.39 bits per heavy atom. The van der Waals surface area contributed by atoms with Crippen molar-refractivity contribution in [1.29, 1.82) is 0 Å². The molecule has 0 saturated carbocycles. The fourth-order valence-electron chi connectivity index (χ4n) is 2.90. The van der Waals surface area contributed by atoms with Gasteiger partial charge in [-0.3, -0.25) is 20.2 Å². The second kappa shape index (κ2) is 10.8. The predicted octanol–water partition coefficient (Wildman–Crippen LogP) is 5.27. The van der Waals surface area contributed by atoms with Gasteiger partial charge in [-0.1, -0.05) is 35.9 Å². The van der Waals surface area contributed by atoms with Crippen molar-refractivity contribution in [2.24, 2.45) is 5.10 Å². The summed E-state index contributed by atoms with van der Waals surface area (Å²) < 4.78 is 0. The molecule has 0 fully saturated rings. The molecule has 0 radical (unpaired) electrons. The van der Waals surface area contributed by atoms with Crippen LogP contribution in [0.3, 0.4) is 0 Å². The van der Waals surface area contributed by atoms with Crippen molar-refractivity contribution >= 4 is 58.4 Å². The van der Waals surface area contributed by atoms with Crippen LogP contribution in [0, 0.1) is 20.2 Å². The SMILES string of the molecule is O=[N+]([O-])c1ccc(Nc2nc(N/N=C/c3ccc(Cl)c([N+](=O)[O-])c3)nc(Nc3ccccc3)n2)cc1. The first kappa shape index (κ1) is 24.0. The Morgan fingerprint density at radius 3 is 2.00 bits per heavy atom. The van der Waals surface area contributed by atoms with Gasteiger partial charge in [-0.25, -0.2) is 5.43 Å². The average molecular weight is 506 g/mol. The van der Waals surface area contributed by atoms with E-state index in [9.17, 15) is 20.2 Å². The molecule has 0 amide bonds. The molecule has 0 aliphatic rings. The lowest BCUT2D eigenvalue weighted by Crippen LogP contribution is -2.07. The molecule has 0 saturated heterocycles. The number of hydrogen-bond acceptors (Lipinski definition) is 11. The van der Waals surface area contributed by atoms with E-state index in [1.165, 1.54) is 42.6 Å². The summed E-state index contributed by atoms with van der Waals surface area (Å²) in [6, 6.07) is 19.2. The maximum absolute atomic E-state index is 11.1. The maximum atomic E-state index is 11.1. The number of nitro groups is 2. The van der Waals surface area contributed by atoms with Crippen molar-refractivity contribution in [3.8, 4) is 0 Å². The van der Waals surface area contributed by atoms with Gasteiger partial charge in [0.2, 0.25) is 17.8 Å². The van der Waals surface area contributed by atoms with Crippen LogP contribution in [0.5, 0.6) is 0 Å². The smallest absolute Gasteiger partial charge is 0.288 e. The van der Waals surface area contributed by atoms with Crippen LogP contribution in [0.25, 0.3) is 0 Å². The Balaban J connectivity index is 1.58. The molecule has 0 bridgehead atoms. The summed E-state index contributed by atoms with van der Waals surface area (Å²) in [6.07, 6.45) is 1.35. The van der Waals surface area contributed by atoms with Gasteiger partial charge in [0.05, 0.1) is 16.1 Å². The second-order valence-corrected chi connectivity index (χ2v) is 7.47. The molecule has 1 aromatic heterocycles. The molecule has 1 heterocycles. The monoisotopic (exact) mass is 505 g/mol. The summed E-state index contributed by atoms with van der Waals surface area (Å²) in [4.78, 5) is 33.8. The number of benzene rings is 3. The average Bonchev–Trinajstić information content (AvgIpc) is 2.86. The summed E-state index contributed by atoms with van der Waals surface area (Å²) in [7, 11) is 0.